The van der Waals surface area contributed by atoms with E-state index >= 15 is 0 Å². The lowest BCUT2D eigenvalue weighted by atomic mass is 9.80. The molecule has 0 N–H and O–H groups in total. The molecule has 0 fully saturated rings. The van der Waals surface area contributed by atoms with Crippen LogP contribution in [0.1, 0.15) is 25.0 Å². The zero-order valence-corrected chi connectivity index (χ0v) is 28.7. The lowest BCUT2D eigenvalue weighted by Gasteiger charge is -2.23. The number of hydrogen-bond acceptors (Lipinski definition) is 1. The predicted octanol–water partition coefficient (Wildman–Crippen LogP) is 14.3. The summed E-state index contributed by atoms with van der Waals surface area (Å²) in [4.78, 5) is 0. The minimum Gasteiger partial charge on any atom is -0.135 e. The Bertz CT molecular complexity index is 3010. The van der Waals surface area contributed by atoms with E-state index in [1.54, 1.807) is 0 Å². The Morgan fingerprint density at radius 2 is 0.900 bits per heavy atom. The summed E-state index contributed by atoms with van der Waals surface area (Å²) in [7, 11) is 0. The Labute approximate surface area is 294 Å². The van der Waals surface area contributed by atoms with E-state index in [-0.39, 0.29) is 5.41 Å². The predicted molar refractivity (Wildman–Crippen MR) is 218 cm³/mol. The molecule has 50 heavy (non-hydrogen) atoms. The van der Waals surface area contributed by atoms with Crippen molar-refractivity contribution in [2.24, 2.45) is 0 Å². The van der Waals surface area contributed by atoms with E-state index in [2.05, 4.69) is 172 Å². The first-order valence-electron chi connectivity index (χ1n) is 17.5. The normalized spacial score (nSPS) is 13.6. The molecule has 0 spiro atoms. The van der Waals surface area contributed by atoms with Gasteiger partial charge in [0, 0.05) is 31.0 Å². The smallest absolute Gasteiger partial charge is 0.0434 e. The molecule has 1 aliphatic rings. The largest absolute Gasteiger partial charge is 0.135 e. The van der Waals surface area contributed by atoms with Gasteiger partial charge >= 0.3 is 0 Å². The van der Waals surface area contributed by atoms with Crippen molar-refractivity contribution in [2.75, 3.05) is 0 Å². The van der Waals surface area contributed by atoms with Crippen molar-refractivity contribution in [1.29, 1.82) is 0 Å². The van der Waals surface area contributed by atoms with Crippen LogP contribution < -0.4 is 0 Å². The molecule has 1 aromatic heterocycles. The second-order valence-corrected chi connectivity index (χ2v) is 15.5. The number of hydrogen-bond donors (Lipinski definition) is 0. The molecule has 0 nitrogen and oxygen atoms in total. The molecule has 0 radical (unpaired) electrons. The molecule has 11 rings (SSSR count). The van der Waals surface area contributed by atoms with E-state index in [1.807, 2.05) is 11.3 Å². The van der Waals surface area contributed by atoms with Gasteiger partial charge in [0.1, 0.15) is 0 Å². The molecule has 1 heterocycles. The summed E-state index contributed by atoms with van der Waals surface area (Å²) in [6.07, 6.45) is 0. The average molecular weight is 653 g/mol. The van der Waals surface area contributed by atoms with E-state index in [1.165, 1.54) is 108 Å². The van der Waals surface area contributed by atoms with Crippen LogP contribution in [0.2, 0.25) is 0 Å². The van der Waals surface area contributed by atoms with Gasteiger partial charge in [-0.05, 0) is 100 Å². The fraction of sp³-hybridized carbons (Fsp3) is 0.0612. The highest BCUT2D eigenvalue weighted by atomic mass is 32.1. The van der Waals surface area contributed by atoms with Gasteiger partial charge in [0.25, 0.3) is 0 Å². The molecule has 0 amide bonds. The molecule has 0 aliphatic heterocycles. The van der Waals surface area contributed by atoms with Crippen LogP contribution in [-0.2, 0) is 5.41 Å². The Kier molecular flexibility index (Phi) is 5.70. The minimum atomic E-state index is -0.124. The molecule has 1 heteroatoms. The Balaban J connectivity index is 1.16. The lowest BCUT2D eigenvalue weighted by Crippen LogP contribution is -2.15. The van der Waals surface area contributed by atoms with Crippen molar-refractivity contribution in [3.63, 3.8) is 0 Å². The van der Waals surface area contributed by atoms with Gasteiger partial charge in [0.05, 0.1) is 0 Å². The van der Waals surface area contributed by atoms with E-state index in [4.69, 9.17) is 0 Å². The van der Waals surface area contributed by atoms with Crippen molar-refractivity contribution < 1.29 is 0 Å². The maximum absolute atomic E-state index is 2.50. The van der Waals surface area contributed by atoms with Crippen LogP contribution in [0.25, 0.3) is 96.6 Å². The van der Waals surface area contributed by atoms with Gasteiger partial charge in [-0.1, -0.05) is 153 Å². The van der Waals surface area contributed by atoms with Crippen LogP contribution in [-0.4, -0.2) is 0 Å². The summed E-state index contributed by atoms with van der Waals surface area (Å²) in [5.74, 6) is 0. The summed E-state index contributed by atoms with van der Waals surface area (Å²) >= 11 is 1.92. The van der Waals surface area contributed by atoms with E-state index in [0.717, 1.165) is 0 Å². The van der Waals surface area contributed by atoms with Crippen molar-refractivity contribution in [2.45, 2.75) is 19.3 Å². The van der Waals surface area contributed by atoms with Gasteiger partial charge in [-0.25, -0.2) is 0 Å². The average Bonchev–Trinajstić information content (AvgIpc) is 3.65. The fourth-order valence-corrected chi connectivity index (χ4v) is 10.3. The first kappa shape index (κ1) is 28.1. The SMILES string of the molecule is CC1(C)c2cc(-c3c4ccccc4c(-c4ccc5ccccc5c4)c4ccccc34)ccc2-c2c1ccc1c2ccc2c3ccccc3sc12. The van der Waals surface area contributed by atoms with Gasteiger partial charge in [-0.15, -0.1) is 11.3 Å². The van der Waals surface area contributed by atoms with Gasteiger partial charge in [0.2, 0.25) is 0 Å². The summed E-state index contributed by atoms with van der Waals surface area (Å²) in [6.45, 7) is 4.81. The number of fused-ring (bicyclic) bond motifs is 12. The zero-order chi connectivity index (χ0) is 33.1. The van der Waals surface area contributed by atoms with Gasteiger partial charge in [0.15, 0.2) is 0 Å². The molecule has 0 bridgehead atoms. The van der Waals surface area contributed by atoms with Gasteiger partial charge in [-0.2, -0.15) is 0 Å². The van der Waals surface area contributed by atoms with Crippen molar-refractivity contribution in [3.05, 3.63) is 169 Å². The van der Waals surface area contributed by atoms with E-state index in [9.17, 15) is 0 Å². The highest BCUT2D eigenvalue weighted by Crippen LogP contribution is 2.54. The molecule has 0 saturated heterocycles. The van der Waals surface area contributed by atoms with E-state index in [0.29, 0.717) is 0 Å². The summed E-state index contributed by atoms with van der Waals surface area (Å²) in [5.41, 5.74) is 10.6. The van der Waals surface area contributed by atoms with Crippen LogP contribution in [0.5, 0.6) is 0 Å². The van der Waals surface area contributed by atoms with Gasteiger partial charge in [-0.3, -0.25) is 0 Å². The molecule has 10 aromatic rings. The van der Waals surface area contributed by atoms with Crippen LogP contribution in [0.3, 0.4) is 0 Å². The Hall–Kier alpha value is -5.76. The Morgan fingerprint density at radius 1 is 0.380 bits per heavy atom. The zero-order valence-electron chi connectivity index (χ0n) is 27.9. The van der Waals surface area contributed by atoms with Crippen LogP contribution in [0.15, 0.2) is 158 Å². The van der Waals surface area contributed by atoms with Crippen molar-refractivity contribution in [1.82, 2.24) is 0 Å². The third-order valence-corrected chi connectivity index (χ3v) is 12.7. The van der Waals surface area contributed by atoms with E-state index < -0.39 is 0 Å². The highest BCUT2D eigenvalue weighted by molar-refractivity contribution is 7.26. The topological polar surface area (TPSA) is 0 Å². The molecule has 1 aliphatic carbocycles. The van der Waals surface area contributed by atoms with Crippen LogP contribution in [0.4, 0.5) is 0 Å². The number of benzene rings is 9. The Morgan fingerprint density at radius 3 is 1.62 bits per heavy atom. The second kappa shape index (κ2) is 10.1. The first-order chi connectivity index (χ1) is 24.6. The highest BCUT2D eigenvalue weighted by Gasteiger charge is 2.37. The van der Waals surface area contributed by atoms with Gasteiger partial charge < -0.3 is 0 Å². The lowest BCUT2D eigenvalue weighted by molar-refractivity contribution is 0.661. The van der Waals surface area contributed by atoms with Crippen molar-refractivity contribution in [3.8, 4) is 33.4 Å². The number of thiophene rings is 1. The molecule has 9 aromatic carbocycles. The molecular formula is C49H32S. The third-order valence-electron chi connectivity index (χ3n) is 11.4. The quantitative estimate of drug-likeness (QED) is 0.163. The molecule has 234 valence electrons. The van der Waals surface area contributed by atoms with Crippen LogP contribution >= 0.6 is 11.3 Å². The molecular weight excluding hydrogens is 621 g/mol. The van der Waals surface area contributed by atoms with Crippen molar-refractivity contribution >= 4 is 74.6 Å². The standard InChI is InChI=1S/C49H32S/c1-49(2)42-26-25-40-38(23-24-39-33-13-9-10-18-44(33)50-48(39)40)47(42)41-22-21-32(28-43(41)49)46-36-16-7-5-14-34(36)45(35-15-6-8-17-37(35)46)31-20-19-29-11-3-4-12-30(29)27-31/h3-28H,1-2H3. The second-order valence-electron chi connectivity index (χ2n) is 14.4. The third kappa shape index (κ3) is 3.76. The maximum atomic E-state index is 2.50. The first-order valence-corrected chi connectivity index (χ1v) is 18.3. The maximum Gasteiger partial charge on any atom is 0.0434 e. The minimum absolute atomic E-state index is 0.124. The summed E-state index contributed by atoms with van der Waals surface area (Å²) in [6, 6.07) is 59.2. The molecule has 0 atom stereocenters. The summed E-state index contributed by atoms with van der Waals surface area (Å²) in [5, 5.41) is 13.1. The van der Waals surface area contributed by atoms with Crippen LogP contribution in [0, 0.1) is 0 Å². The monoisotopic (exact) mass is 652 g/mol. The summed E-state index contributed by atoms with van der Waals surface area (Å²) < 4.78 is 2.74. The molecule has 0 unspecified atom stereocenters. The molecule has 0 saturated carbocycles. The fourth-order valence-electron chi connectivity index (χ4n) is 9.07. The number of rotatable bonds is 2.